The lowest BCUT2D eigenvalue weighted by Crippen LogP contribution is -2.61. The molecule has 4 saturated carbocycles. The van der Waals surface area contributed by atoms with Crippen LogP contribution in [-0.4, -0.2) is 28.8 Å². The highest BCUT2D eigenvalue weighted by atomic mass is 16.2. The number of carbonyl (C=O) groups is 2. The van der Waals surface area contributed by atoms with Gasteiger partial charge < -0.3 is 10.2 Å². The summed E-state index contributed by atoms with van der Waals surface area (Å²) in [7, 11) is 0. The van der Waals surface area contributed by atoms with Gasteiger partial charge in [-0.25, -0.2) is 0 Å². The lowest BCUT2D eigenvalue weighted by Gasteiger charge is -2.56. The smallest absolute Gasteiger partial charge is 0.312 e. The average Bonchev–Trinajstić information content (AvgIpc) is 2.58. The predicted octanol–water partition coefficient (Wildman–Crippen LogP) is 3.12. The third-order valence-corrected chi connectivity index (χ3v) is 6.50. The Labute approximate surface area is 150 Å². The van der Waals surface area contributed by atoms with E-state index < -0.39 is 5.91 Å². The normalized spacial score (nSPS) is 32.4. The van der Waals surface area contributed by atoms with Crippen molar-refractivity contribution in [3.63, 3.8) is 0 Å². The van der Waals surface area contributed by atoms with E-state index in [4.69, 9.17) is 0 Å². The maximum atomic E-state index is 12.7. The first-order valence-corrected chi connectivity index (χ1v) is 9.72. The number of amides is 2. The molecule has 4 nitrogen and oxygen atoms in total. The van der Waals surface area contributed by atoms with E-state index in [1.54, 1.807) is 4.90 Å². The average molecular weight is 340 g/mol. The summed E-state index contributed by atoms with van der Waals surface area (Å²) in [6.45, 7) is 2.96. The Hall–Kier alpha value is -1.84. The van der Waals surface area contributed by atoms with E-state index in [1.165, 1.54) is 19.3 Å². The molecule has 5 rings (SSSR count). The highest BCUT2D eigenvalue weighted by molar-refractivity contribution is 6.35. The van der Waals surface area contributed by atoms with E-state index in [0.29, 0.717) is 13.1 Å². The number of likely N-dealkylation sites (N-methyl/N-ethyl adjacent to an activating group) is 1. The maximum Gasteiger partial charge on any atom is 0.312 e. The van der Waals surface area contributed by atoms with Crippen LogP contribution >= 0.6 is 0 Å². The zero-order valence-corrected chi connectivity index (χ0v) is 15.0. The van der Waals surface area contributed by atoms with Gasteiger partial charge in [-0.05, 0) is 68.8 Å². The van der Waals surface area contributed by atoms with Crippen LogP contribution in [-0.2, 0) is 16.1 Å². The van der Waals surface area contributed by atoms with Crippen molar-refractivity contribution in [2.24, 2.45) is 17.8 Å². The quantitative estimate of drug-likeness (QED) is 0.856. The minimum Gasteiger partial charge on any atom is -0.342 e. The van der Waals surface area contributed by atoms with Crippen LogP contribution < -0.4 is 5.32 Å². The summed E-state index contributed by atoms with van der Waals surface area (Å²) in [6, 6.07) is 9.87. The van der Waals surface area contributed by atoms with Gasteiger partial charge in [0.15, 0.2) is 0 Å². The van der Waals surface area contributed by atoms with E-state index in [2.05, 4.69) is 5.32 Å². The Bertz CT molecular complexity index is 620. The third kappa shape index (κ3) is 3.31. The molecule has 0 unspecified atom stereocenters. The largest absolute Gasteiger partial charge is 0.342 e. The molecule has 4 aliphatic rings. The third-order valence-electron chi connectivity index (χ3n) is 6.50. The molecule has 0 radical (unpaired) electrons. The molecule has 25 heavy (non-hydrogen) atoms. The van der Waals surface area contributed by atoms with Gasteiger partial charge in [0.2, 0.25) is 0 Å². The van der Waals surface area contributed by atoms with Crippen LogP contribution in [0.5, 0.6) is 0 Å². The molecule has 0 saturated heterocycles. The van der Waals surface area contributed by atoms with Gasteiger partial charge in [-0.2, -0.15) is 0 Å². The summed E-state index contributed by atoms with van der Waals surface area (Å²) in [5, 5.41) is 3.19. The van der Waals surface area contributed by atoms with Crippen LogP contribution in [0.25, 0.3) is 0 Å². The molecule has 1 aromatic carbocycles. The summed E-state index contributed by atoms with van der Waals surface area (Å²) >= 11 is 0. The number of nitrogens with zero attached hydrogens (tertiary/aromatic N) is 1. The summed E-state index contributed by atoms with van der Waals surface area (Å²) < 4.78 is 0. The van der Waals surface area contributed by atoms with Crippen LogP contribution in [0, 0.1) is 17.8 Å². The van der Waals surface area contributed by atoms with Crippen molar-refractivity contribution < 1.29 is 9.59 Å². The summed E-state index contributed by atoms with van der Waals surface area (Å²) in [5.74, 6) is 1.48. The summed E-state index contributed by atoms with van der Waals surface area (Å²) in [6.07, 6.45) is 7.21. The summed E-state index contributed by atoms with van der Waals surface area (Å²) in [4.78, 5) is 27.1. The van der Waals surface area contributed by atoms with Crippen LogP contribution in [0.4, 0.5) is 0 Å². The molecule has 4 aliphatic carbocycles. The Morgan fingerprint density at radius 3 is 2.12 bits per heavy atom. The Kier molecular flexibility index (Phi) is 4.30. The number of benzene rings is 1. The van der Waals surface area contributed by atoms with Crippen molar-refractivity contribution in [2.45, 2.75) is 57.5 Å². The molecule has 0 aromatic heterocycles. The topological polar surface area (TPSA) is 49.4 Å². The van der Waals surface area contributed by atoms with E-state index in [-0.39, 0.29) is 11.4 Å². The van der Waals surface area contributed by atoms with Gasteiger partial charge in [0, 0.05) is 18.6 Å². The highest BCUT2D eigenvalue weighted by Gasteiger charge is 2.52. The molecule has 1 N–H and O–H groups in total. The second-order valence-corrected chi connectivity index (χ2v) is 8.46. The first-order chi connectivity index (χ1) is 12.1. The number of rotatable bonds is 4. The number of hydrogen-bond donors (Lipinski definition) is 1. The number of carbonyl (C=O) groups excluding carboxylic acids is 2. The molecule has 4 bridgehead atoms. The first-order valence-electron chi connectivity index (χ1n) is 9.72. The van der Waals surface area contributed by atoms with E-state index in [1.807, 2.05) is 37.3 Å². The predicted molar refractivity (Wildman–Crippen MR) is 96.6 cm³/mol. The van der Waals surface area contributed by atoms with Crippen molar-refractivity contribution in [3.8, 4) is 0 Å². The fourth-order valence-electron chi connectivity index (χ4n) is 5.83. The van der Waals surface area contributed by atoms with E-state index in [9.17, 15) is 9.59 Å². The molecule has 0 atom stereocenters. The van der Waals surface area contributed by atoms with E-state index >= 15 is 0 Å². The molecule has 0 spiro atoms. The van der Waals surface area contributed by atoms with Gasteiger partial charge >= 0.3 is 11.8 Å². The van der Waals surface area contributed by atoms with Gasteiger partial charge in [-0.1, -0.05) is 30.3 Å². The first kappa shape index (κ1) is 16.6. The standard InChI is InChI=1S/C21H28N2O2/c1-2-23(14-15-6-4-3-5-7-15)20(25)19(24)22-21-11-16-8-17(12-21)10-18(9-16)13-21/h3-7,16-18H,2,8-14H2,1H3,(H,22,24). The molecule has 2 amide bonds. The molecule has 0 aliphatic heterocycles. The lowest BCUT2D eigenvalue weighted by molar-refractivity contribution is -0.149. The Balaban J connectivity index is 1.42. The molecular formula is C21H28N2O2. The molecule has 4 heteroatoms. The molecule has 0 heterocycles. The lowest BCUT2D eigenvalue weighted by atomic mass is 9.53. The zero-order valence-electron chi connectivity index (χ0n) is 15.0. The minimum atomic E-state index is -0.403. The highest BCUT2D eigenvalue weighted by Crippen LogP contribution is 2.55. The molecule has 134 valence electrons. The Morgan fingerprint density at radius 1 is 1.04 bits per heavy atom. The van der Waals surface area contributed by atoms with Gasteiger partial charge in [0.25, 0.3) is 0 Å². The van der Waals surface area contributed by atoms with Crippen LogP contribution in [0.15, 0.2) is 30.3 Å². The van der Waals surface area contributed by atoms with Gasteiger partial charge in [0.05, 0.1) is 0 Å². The van der Waals surface area contributed by atoms with Crippen LogP contribution in [0.1, 0.15) is 51.0 Å². The van der Waals surface area contributed by atoms with Crippen molar-refractivity contribution >= 4 is 11.8 Å². The second-order valence-electron chi connectivity index (χ2n) is 8.46. The zero-order chi connectivity index (χ0) is 17.4. The van der Waals surface area contributed by atoms with Gasteiger partial charge in [-0.3, -0.25) is 9.59 Å². The fourth-order valence-corrected chi connectivity index (χ4v) is 5.83. The molecular weight excluding hydrogens is 312 g/mol. The van der Waals surface area contributed by atoms with Crippen LogP contribution in [0.2, 0.25) is 0 Å². The van der Waals surface area contributed by atoms with Gasteiger partial charge in [-0.15, -0.1) is 0 Å². The van der Waals surface area contributed by atoms with Crippen molar-refractivity contribution in [1.82, 2.24) is 10.2 Å². The van der Waals surface area contributed by atoms with Crippen LogP contribution in [0.3, 0.4) is 0 Å². The Morgan fingerprint density at radius 2 is 1.60 bits per heavy atom. The second kappa shape index (κ2) is 6.47. The van der Waals surface area contributed by atoms with Gasteiger partial charge in [0.1, 0.15) is 0 Å². The number of nitrogens with one attached hydrogen (secondary N) is 1. The molecule has 1 aromatic rings. The van der Waals surface area contributed by atoms with E-state index in [0.717, 1.165) is 42.6 Å². The molecule has 4 fully saturated rings. The monoisotopic (exact) mass is 340 g/mol. The minimum absolute atomic E-state index is 0.104. The summed E-state index contributed by atoms with van der Waals surface area (Å²) in [5.41, 5.74) is 0.952. The van der Waals surface area contributed by atoms with Crippen molar-refractivity contribution in [2.75, 3.05) is 6.54 Å². The fraction of sp³-hybridized carbons (Fsp3) is 0.619. The van der Waals surface area contributed by atoms with Crippen molar-refractivity contribution in [1.29, 1.82) is 0 Å². The number of hydrogen-bond acceptors (Lipinski definition) is 2. The van der Waals surface area contributed by atoms with Crippen molar-refractivity contribution in [3.05, 3.63) is 35.9 Å². The SMILES string of the molecule is CCN(Cc1ccccc1)C(=O)C(=O)NC12CC3CC(CC(C3)C1)C2. The maximum absolute atomic E-state index is 12.7.